The summed E-state index contributed by atoms with van der Waals surface area (Å²) >= 11 is 0. The van der Waals surface area contributed by atoms with Gasteiger partial charge in [0.15, 0.2) is 17.3 Å². The number of furan rings is 1. The van der Waals surface area contributed by atoms with Crippen molar-refractivity contribution in [2.75, 3.05) is 26.7 Å². The number of ether oxygens (including phenoxy) is 2. The van der Waals surface area contributed by atoms with E-state index in [1.807, 2.05) is 0 Å². The molecular formula is C20H24F2N2O6S. The van der Waals surface area contributed by atoms with Crippen molar-refractivity contribution in [3.8, 4) is 11.5 Å². The summed E-state index contributed by atoms with van der Waals surface area (Å²) in [5, 5.41) is 2.64. The van der Waals surface area contributed by atoms with E-state index in [0.717, 1.165) is 12.8 Å². The van der Waals surface area contributed by atoms with E-state index >= 15 is 0 Å². The van der Waals surface area contributed by atoms with E-state index in [-0.39, 0.29) is 34.5 Å². The van der Waals surface area contributed by atoms with Gasteiger partial charge in [0, 0.05) is 25.7 Å². The van der Waals surface area contributed by atoms with Crippen LogP contribution in [0.2, 0.25) is 0 Å². The van der Waals surface area contributed by atoms with Crippen molar-refractivity contribution in [1.29, 1.82) is 0 Å². The van der Waals surface area contributed by atoms with Crippen LogP contribution in [0.25, 0.3) is 0 Å². The molecule has 0 radical (unpaired) electrons. The molecule has 1 aliphatic rings. The van der Waals surface area contributed by atoms with E-state index in [4.69, 9.17) is 9.15 Å². The van der Waals surface area contributed by atoms with E-state index in [1.54, 1.807) is 6.07 Å². The summed E-state index contributed by atoms with van der Waals surface area (Å²) < 4.78 is 66.7. The molecule has 11 heteroatoms. The monoisotopic (exact) mass is 458 g/mol. The number of sulfonamides is 1. The zero-order chi connectivity index (χ0) is 22.6. The highest BCUT2D eigenvalue weighted by atomic mass is 32.2. The van der Waals surface area contributed by atoms with E-state index in [2.05, 4.69) is 10.1 Å². The number of methoxy groups -OCH3 is 1. The Kier molecular flexibility index (Phi) is 7.16. The van der Waals surface area contributed by atoms with Gasteiger partial charge in [-0.3, -0.25) is 4.79 Å². The molecule has 170 valence electrons. The van der Waals surface area contributed by atoms with Crippen LogP contribution in [0, 0.1) is 6.92 Å². The lowest BCUT2D eigenvalue weighted by atomic mass is 10.1. The Labute approximate surface area is 179 Å². The van der Waals surface area contributed by atoms with Crippen molar-refractivity contribution in [2.24, 2.45) is 0 Å². The number of rotatable bonds is 9. The van der Waals surface area contributed by atoms with Crippen LogP contribution in [0.1, 0.15) is 34.7 Å². The maximum atomic E-state index is 12.7. The number of carbonyl (C=O) groups is 1. The fraction of sp³-hybridized carbons (Fsp3) is 0.450. The first-order valence-corrected chi connectivity index (χ1v) is 11.2. The van der Waals surface area contributed by atoms with Gasteiger partial charge in [-0.05, 0) is 43.9 Å². The number of hydrogen-bond acceptors (Lipinski definition) is 6. The molecule has 1 saturated heterocycles. The van der Waals surface area contributed by atoms with Gasteiger partial charge in [-0.2, -0.15) is 13.1 Å². The molecule has 0 spiro atoms. The first-order chi connectivity index (χ1) is 14.7. The van der Waals surface area contributed by atoms with Crippen LogP contribution in [0.5, 0.6) is 11.5 Å². The molecule has 1 amide bonds. The smallest absolute Gasteiger partial charge is 0.387 e. The lowest BCUT2D eigenvalue weighted by Crippen LogP contribution is -2.28. The van der Waals surface area contributed by atoms with Gasteiger partial charge in [0.05, 0.1) is 7.11 Å². The fourth-order valence-electron chi connectivity index (χ4n) is 3.37. The average molecular weight is 458 g/mol. The predicted octanol–water partition coefficient (Wildman–Crippen LogP) is 2.96. The molecule has 0 bridgehead atoms. The minimum Gasteiger partial charge on any atom is -0.493 e. The molecular weight excluding hydrogens is 434 g/mol. The number of nitrogens with zero attached hydrogens (tertiary/aromatic N) is 1. The number of amides is 1. The van der Waals surface area contributed by atoms with Crippen LogP contribution in [0.3, 0.4) is 0 Å². The fourth-order valence-corrected chi connectivity index (χ4v) is 5.05. The summed E-state index contributed by atoms with van der Waals surface area (Å²) in [5.41, 5.74) is 0.643. The number of nitrogens with one attached hydrogen (secondary N) is 1. The summed E-state index contributed by atoms with van der Waals surface area (Å²) in [6.07, 6.45) is 1.94. The molecule has 0 atom stereocenters. The molecule has 0 unspecified atom stereocenters. The first-order valence-electron chi connectivity index (χ1n) is 9.73. The Morgan fingerprint density at radius 1 is 1.23 bits per heavy atom. The van der Waals surface area contributed by atoms with Gasteiger partial charge in [0.25, 0.3) is 5.91 Å². The topological polar surface area (TPSA) is 98.1 Å². The van der Waals surface area contributed by atoms with Gasteiger partial charge in [0.1, 0.15) is 10.7 Å². The van der Waals surface area contributed by atoms with Crippen molar-refractivity contribution in [1.82, 2.24) is 9.62 Å². The standard InChI is InChI=1S/C20H24F2N2O6S/c1-13-18(31(26,27)24-9-3-4-10-24)12-17(29-13)19(25)23-8-7-14-5-6-15(28-2)16(11-14)30-20(21)22/h5-6,11-12,20H,3-4,7-10H2,1-2H3,(H,23,25). The van der Waals surface area contributed by atoms with Crippen LogP contribution >= 0.6 is 0 Å². The molecule has 2 aromatic rings. The summed E-state index contributed by atoms with van der Waals surface area (Å²) in [6, 6.07) is 5.82. The third kappa shape index (κ3) is 5.34. The molecule has 1 aromatic carbocycles. The summed E-state index contributed by atoms with van der Waals surface area (Å²) in [4.78, 5) is 12.4. The van der Waals surface area contributed by atoms with E-state index in [1.165, 1.54) is 36.5 Å². The second-order valence-corrected chi connectivity index (χ2v) is 8.92. The van der Waals surface area contributed by atoms with Crippen molar-refractivity contribution < 1.29 is 35.9 Å². The van der Waals surface area contributed by atoms with Crippen molar-refractivity contribution in [3.05, 3.63) is 41.3 Å². The summed E-state index contributed by atoms with van der Waals surface area (Å²) in [6.45, 7) is -0.409. The Morgan fingerprint density at radius 2 is 1.94 bits per heavy atom. The van der Waals surface area contributed by atoms with Gasteiger partial charge >= 0.3 is 6.61 Å². The summed E-state index contributed by atoms with van der Waals surface area (Å²) in [7, 11) is -2.35. The Morgan fingerprint density at radius 3 is 2.58 bits per heavy atom. The summed E-state index contributed by atoms with van der Waals surface area (Å²) in [5.74, 6) is -0.443. The van der Waals surface area contributed by atoms with Crippen molar-refractivity contribution in [2.45, 2.75) is 37.7 Å². The first kappa shape index (κ1) is 23.0. The molecule has 0 saturated carbocycles. The second kappa shape index (κ2) is 9.65. The molecule has 2 heterocycles. The van der Waals surface area contributed by atoms with Crippen LogP contribution in [0.4, 0.5) is 8.78 Å². The van der Waals surface area contributed by atoms with Gasteiger partial charge < -0.3 is 19.2 Å². The van der Waals surface area contributed by atoms with Gasteiger partial charge in [-0.1, -0.05) is 6.07 Å². The third-order valence-electron chi connectivity index (χ3n) is 4.92. The van der Waals surface area contributed by atoms with Gasteiger partial charge in [-0.25, -0.2) is 8.42 Å². The highest BCUT2D eigenvalue weighted by Crippen LogP contribution is 2.30. The molecule has 1 N–H and O–H groups in total. The molecule has 1 fully saturated rings. The normalized spacial score (nSPS) is 14.7. The zero-order valence-corrected chi connectivity index (χ0v) is 18.0. The minimum atomic E-state index is -3.69. The van der Waals surface area contributed by atoms with E-state index in [0.29, 0.717) is 25.1 Å². The Balaban J connectivity index is 1.63. The number of alkyl halides is 2. The van der Waals surface area contributed by atoms with Crippen LogP contribution < -0.4 is 14.8 Å². The van der Waals surface area contributed by atoms with Gasteiger partial charge in [-0.15, -0.1) is 0 Å². The number of aryl methyl sites for hydroxylation is 1. The number of benzene rings is 1. The highest BCUT2D eigenvalue weighted by molar-refractivity contribution is 7.89. The van der Waals surface area contributed by atoms with Crippen LogP contribution in [0.15, 0.2) is 33.6 Å². The maximum absolute atomic E-state index is 12.7. The van der Waals surface area contributed by atoms with Crippen LogP contribution in [-0.2, 0) is 16.4 Å². The molecule has 0 aliphatic carbocycles. The lowest BCUT2D eigenvalue weighted by molar-refractivity contribution is -0.0512. The Bertz CT molecular complexity index is 1030. The van der Waals surface area contributed by atoms with Crippen molar-refractivity contribution in [3.63, 3.8) is 0 Å². The Hall–Kier alpha value is -2.66. The molecule has 1 aliphatic heterocycles. The number of halogens is 2. The molecule has 3 rings (SSSR count). The largest absolute Gasteiger partial charge is 0.493 e. The molecule has 8 nitrogen and oxygen atoms in total. The quantitative estimate of drug-likeness (QED) is 0.621. The zero-order valence-electron chi connectivity index (χ0n) is 17.2. The van der Waals surface area contributed by atoms with Crippen LogP contribution in [-0.4, -0.2) is 52.0 Å². The van der Waals surface area contributed by atoms with E-state index < -0.39 is 22.5 Å². The highest BCUT2D eigenvalue weighted by Gasteiger charge is 2.31. The third-order valence-corrected chi connectivity index (χ3v) is 6.93. The molecule has 31 heavy (non-hydrogen) atoms. The number of hydrogen-bond donors (Lipinski definition) is 1. The van der Waals surface area contributed by atoms with Gasteiger partial charge in [0.2, 0.25) is 10.0 Å². The predicted molar refractivity (Wildman–Crippen MR) is 107 cm³/mol. The van der Waals surface area contributed by atoms with E-state index in [9.17, 15) is 22.0 Å². The minimum absolute atomic E-state index is 0.0107. The maximum Gasteiger partial charge on any atom is 0.387 e. The average Bonchev–Trinajstić information content (AvgIpc) is 3.38. The second-order valence-electron chi connectivity index (χ2n) is 7.01. The number of carbonyl (C=O) groups excluding carboxylic acids is 1. The van der Waals surface area contributed by atoms with Crippen molar-refractivity contribution >= 4 is 15.9 Å². The molecule has 1 aromatic heterocycles. The lowest BCUT2D eigenvalue weighted by Gasteiger charge is -2.14. The SMILES string of the molecule is COc1ccc(CCNC(=O)c2cc(S(=O)(=O)N3CCCC3)c(C)o2)cc1OC(F)F.